The molecule has 0 bridgehead atoms. The number of ketones is 1. The molecule has 0 saturated heterocycles. The first kappa shape index (κ1) is 23.7. The molecule has 0 atom stereocenters. The predicted octanol–water partition coefficient (Wildman–Crippen LogP) is 6.23. The van der Waals surface area contributed by atoms with Gasteiger partial charge in [0.1, 0.15) is 11.2 Å². The highest BCUT2D eigenvalue weighted by molar-refractivity contribution is 7.17. The summed E-state index contributed by atoms with van der Waals surface area (Å²) in [6, 6.07) is 11.7. The van der Waals surface area contributed by atoms with Gasteiger partial charge in [-0.2, -0.15) is 5.10 Å². The molecule has 5 aromatic heterocycles. The lowest BCUT2D eigenvalue weighted by atomic mass is 10.0. The van der Waals surface area contributed by atoms with Crippen LogP contribution in [0.3, 0.4) is 0 Å². The maximum Gasteiger partial charge on any atom is 0.224 e. The van der Waals surface area contributed by atoms with Crippen molar-refractivity contribution in [3.63, 3.8) is 0 Å². The SMILES string of the molecule is CCCC(=O)Nc1cncc(-c2ccc3[nH]nc(-c4nc5c(-c6ccc(C(C)=O)s6)cncc5[nH]4)c3c2)c1. The van der Waals surface area contributed by atoms with Crippen molar-refractivity contribution < 1.29 is 9.59 Å². The van der Waals surface area contributed by atoms with E-state index in [1.54, 1.807) is 31.7 Å². The quantitative estimate of drug-likeness (QED) is 0.214. The van der Waals surface area contributed by atoms with Crippen LogP contribution in [-0.4, -0.2) is 41.8 Å². The van der Waals surface area contributed by atoms with E-state index in [0.717, 1.165) is 49.9 Å². The summed E-state index contributed by atoms with van der Waals surface area (Å²) in [4.78, 5) is 42.4. The van der Waals surface area contributed by atoms with Gasteiger partial charge >= 0.3 is 0 Å². The third-order valence-electron chi connectivity index (χ3n) is 6.23. The van der Waals surface area contributed by atoms with E-state index in [4.69, 9.17) is 4.98 Å². The lowest BCUT2D eigenvalue weighted by Gasteiger charge is -2.07. The minimum atomic E-state index is -0.0298. The molecule has 188 valence electrons. The average molecular weight is 522 g/mol. The van der Waals surface area contributed by atoms with Crippen molar-refractivity contribution in [1.29, 1.82) is 0 Å². The van der Waals surface area contributed by atoms with Gasteiger partial charge in [0.2, 0.25) is 5.91 Å². The molecule has 3 N–H and O–H groups in total. The Morgan fingerprint density at radius 3 is 2.66 bits per heavy atom. The van der Waals surface area contributed by atoms with Gasteiger partial charge in [0.05, 0.1) is 34.0 Å². The fraction of sp³-hybridized carbons (Fsp3) is 0.143. The zero-order chi connectivity index (χ0) is 26.2. The highest BCUT2D eigenvalue weighted by atomic mass is 32.1. The molecule has 1 aromatic carbocycles. The molecule has 0 unspecified atom stereocenters. The van der Waals surface area contributed by atoms with Crippen molar-refractivity contribution in [2.24, 2.45) is 0 Å². The van der Waals surface area contributed by atoms with Crippen LogP contribution in [0.25, 0.3) is 55.0 Å². The van der Waals surface area contributed by atoms with E-state index in [-0.39, 0.29) is 11.7 Å². The number of H-pyrrole nitrogens is 2. The second kappa shape index (κ2) is 9.64. The van der Waals surface area contributed by atoms with Crippen LogP contribution in [0.15, 0.2) is 61.2 Å². The second-order valence-corrected chi connectivity index (χ2v) is 10.1. The molecule has 0 aliphatic carbocycles. The highest BCUT2D eigenvalue weighted by Gasteiger charge is 2.17. The lowest BCUT2D eigenvalue weighted by Crippen LogP contribution is -2.10. The van der Waals surface area contributed by atoms with Crippen LogP contribution >= 0.6 is 11.3 Å². The van der Waals surface area contributed by atoms with Crippen LogP contribution in [0.5, 0.6) is 0 Å². The zero-order valence-corrected chi connectivity index (χ0v) is 21.5. The monoisotopic (exact) mass is 521 g/mol. The minimum Gasteiger partial charge on any atom is -0.335 e. The highest BCUT2D eigenvalue weighted by Crippen LogP contribution is 2.35. The van der Waals surface area contributed by atoms with Gasteiger partial charge in [0.25, 0.3) is 0 Å². The molecular formula is C28H23N7O2S. The maximum absolute atomic E-state index is 12.0. The van der Waals surface area contributed by atoms with Crippen LogP contribution in [-0.2, 0) is 4.79 Å². The summed E-state index contributed by atoms with van der Waals surface area (Å²) < 4.78 is 0. The number of fused-ring (bicyclic) bond motifs is 2. The van der Waals surface area contributed by atoms with Crippen LogP contribution in [0.2, 0.25) is 0 Å². The Kier molecular flexibility index (Phi) is 6.01. The number of aromatic amines is 2. The number of nitrogens with zero attached hydrogens (tertiary/aromatic N) is 4. The number of carbonyl (C=O) groups is 2. The zero-order valence-electron chi connectivity index (χ0n) is 20.7. The number of Topliss-reactive ketones (excluding diaryl/α,β-unsaturated/α-hetero) is 1. The first-order chi connectivity index (χ1) is 18.5. The molecule has 38 heavy (non-hydrogen) atoms. The van der Waals surface area contributed by atoms with E-state index in [0.29, 0.717) is 28.5 Å². The normalized spacial score (nSPS) is 11.3. The van der Waals surface area contributed by atoms with Gasteiger partial charge in [-0.05, 0) is 49.2 Å². The number of aromatic nitrogens is 6. The molecule has 0 radical (unpaired) electrons. The van der Waals surface area contributed by atoms with Crippen LogP contribution in [0.1, 0.15) is 36.4 Å². The lowest BCUT2D eigenvalue weighted by molar-refractivity contribution is -0.116. The molecule has 6 aromatic rings. The van der Waals surface area contributed by atoms with E-state index in [2.05, 4.69) is 30.5 Å². The standard InChI is InChI=1S/C28H23N7O2S/c1-3-4-25(37)31-18-9-17(11-29-12-18)16-5-6-21-19(10-16)27(35-34-21)28-32-22-14-30-13-20(26(22)33-28)24-8-7-23(38-24)15(2)36/h5-14H,3-4H2,1-2H3,(H,31,37)(H,32,33)(H,34,35). The number of pyridine rings is 2. The van der Waals surface area contributed by atoms with Crippen molar-refractivity contribution >= 4 is 50.7 Å². The average Bonchev–Trinajstić information content (AvgIpc) is 3.66. The number of benzene rings is 1. The molecule has 0 spiro atoms. The number of rotatable bonds is 7. The number of hydrogen-bond donors (Lipinski definition) is 3. The van der Waals surface area contributed by atoms with Crippen LogP contribution in [0, 0.1) is 0 Å². The third-order valence-corrected chi connectivity index (χ3v) is 7.45. The van der Waals surface area contributed by atoms with Crippen molar-refractivity contribution in [2.45, 2.75) is 26.7 Å². The summed E-state index contributed by atoms with van der Waals surface area (Å²) in [6.07, 6.45) is 8.16. The first-order valence-electron chi connectivity index (χ1n) is 12.2. The molecule has 6 rings (SSSR count). The Morgan fingerprint density at radius 2 is 1.84 bits per heavy atom. The van der Waals surface area contributed by atoms with E-state index in [9.17, 15) is 9.59 Å². The number of thiophene rings is 1. The molecule has 0 saturated carbocycles. The number of anilines is 1. The van der Waals surface area contributed by atoms with Crippen molar-refractivity contribution in [3.05, 3.63) is 66.1 Å². The van der Waals surface area contributed by atoms with Gasteiger partial charge in [0.15, 0.2) is 11.6 Å². The summed E-state index contributed by atoms with van der Waals surface area (Å²) in [6.45, 7) is 3.53. The topological polar surface area (TPSA) is 129 Å². The molecule has 9 nitrogen and oxygen atoms in total. The molecule has 10 heteroatoms. The van der Waals surface area contributed by atoms with Crippen molar-refractivity contribution in [2.75, 3.05) is 5.32 Å². The van der Waals surface area contributed by atoms with E-state index in [1.165, 1.54) is 11.3 Å². The summed E-state index contributed by atoms with van der Waals surface area (Å²) in [5.41, 5.74) is 6.42. The number of amides is 1. The van der Waals surface area contributed by atoms with Gasteiger partial charge in [-0.3, -0.25) is 24.7 Å². The van der Waals surface area contributed by atoms with Crippen LogP contribution < -0.4 is 5.32 Å². The summed E-state index contributed by atoms with van der Waals surface area (Å²) >= 11 is 1.43. The molecule has 5 heterocycles. The third kappa shape index (κ3) is 4.35. The van der Waals surface area contributed by atoms with E-state index >= 15 is 0 Å². The smallest absolute Gasteiger partial charge is 0.224 e. The van der Waals surface area contributed by atoms with Gasteiger partial charge in [0, 0.05) is 40.2 Å². The minimum absolute atomic E-state index is 0.0298. The first-order valence-corrected chi connectivity index (χ1v) is 13.0. The Bertz CT molecular complexity index is 1830. The van der Waals surface area contributed by atoms with E-state index < -0.39 is 0 Å². The van der Waals surface area contributed by atoms with Gasteiger partial charge in [-0.15, -0.1) is 11.3 Å². The van der Waals surface area contributed by atoms with Crippen LogP contribution in [0.4, 0.5) is 5.69 Å². The number of hydrogen-bond acceptors (Lipinski definition) is 7. The van der Waals surface area contributed by atoms with Gasteiger partial charge < -0.3 is 10.3 Å². The summed E-state index contributed by atoms with van der Waals surface area (Å²) in [5, 5.41) is 11.4. The molecule has 0 fully saturated rings. The largest absolute Gasteiger partial charge is 0.335 e. The molecule has 0 aliphatic heterocycles. The predicted molar refractivity (Wildman–Crippen MR) is 149 cm³/mol. The van der Waals surface area contributed by atoms with Crippen molar-refractivity contribution in [3.8, 4) is 33.1 Å². The number of imidazole rings is 1. The Balaban J connectivity index is 1.39. The van der Waals surface area contributed by atoms with Crippen molar-refractivity contribution in [1.82, 2.24) is 30.1 Å². The molecular weight excluding hydrogens is 498 g/mol. The Hall–Kier alpha value is -4.70. The maximum atomic E-state index is 12.0. The number of carbonyl (C=O) groups excluding carboxylic acids is 2. The Morgan fingerprint density at radius 1 is 0.974 bits per heavy atom. The molecule has 1 amide bonds. The summed E-state index contributed by atoms with van der Waals surface area (Å²) in [5.74, 6) is 0.615. The van der Waals surface area contributed by atoms with Gasteiger partial charge in [-0.1, -0.05) is 13.0 Å². The summed E-state index contributed by atoms with van der Waals surface area (Å²) in [7, 11) is 0. The fourth-order valence-electron chi connectivity index (χ4n) is 4.39. The second-order valence-electron chi connectivity index (χ2n) is 8.98. The van der Waals surface area contributed by atoms with E-state index in [1.807, 2.05) is 43.3 Å². The fourth-order valence-corrected chi connectivity index (χ4v) is 5.30. The Labute approximate surface area is 221 Å². The molecule has 0 aliphatic rings. The van der Waals surface area contributed by atoms with Gasteiger partial charge in [-0.25, -0.2) is 4.98 Å². The number of nitrogens with one attached hydrogen (secondary N) is 3.